The number of hydrogen-bond acceptors (Lipinski definition) is 4. The third-order valence-corrected chi connectivity index (χ3v) is 3.02. The van der Waals surface area contributed by atoms with Crippen molar-refractivity contribution in [1.82, 2.24) is 4.98 Å². The molecule has 108 valence electrons. The molecule has 0 saturated heterocycles. The van der Waals surface area contributed by atoms with Gasteiger partial charge in [-0.1, -0.05) is 0 Å². The molecule has 3 aromatic rings. The first-order valence-electron chi connectivity index (χ1n) is 6.59. The highest BCUT2D eigenvalue weighted by molar-refractivity contribution is 6.00. The van der Waals surface area contributed by atoms with Crippen LogP contribution in [0.25, 0.3) is 11.1 Å². The van der Waals surface area contributed by atoms with Crippen LogP contribution < -0.4 is 10.6 Å². The third-order valence-electron chi connectivity index (χ3n) is 3.02. The van der Waals surface area contributed by atoms with Crippen LogP contribution in [0.4, 0.5) is 16.2 Å². The summed E-state index contributed by atoms with van der Waals surface area (Å²) in [5.41, 5.74) is 3.13. The normalized spacial score (nSPS) is 10.2. The molecule has 1 heterocycles. The molecule has 22 heavy (non-hydrogen) atoms. The second-order valence-electron chi connectivity index (χ2n) is 4.68. The maximum atomic E-state index is 11.9. The van der Waals surface area contributed by atoms with Gasteiger partial charge in [-0.05, 0) is 42.5 Å². The molecule has 0 unspecified atom stereocenters. The van der Waals surface area contributed by atoms with Crippen molar-refractivity contribution in [3.05, 3.63) is 53.9 Å². The van der Waals surface area contributed by atoms with E-state index in [9.17, 15) is 4.79 Å². The van der Waals surface area contributed by atoms with Crippen molar-refractivity contribution in [2.75, 3.05) is 10.6 Å². The minimum Gasteiger partial charge on any atom is -0.441 e. The van der Waals surface area contributed by atoms with E-state index in [0.717, 1.165) is 0 Å². The molecule has 0 aliphatic heterocycles. The number of carbonyl (C=O) groups is 1. The van der Waals surface area contributed by atoms with Gasteiger partial charge in [0.05, 0.1) is 11.6 Å². The summed E-state index contributed by atoms with van der Waals surface area (Å²) in [5.74, 6) is 0.578. The first-order valence-corrected chi connectivity index (χ1v) is 6.59. The predicted octanol–water partition coefficient (Wildman–Crippen LogP) is 3.65. The Bertz CT molecular complexity index is 875. The van der Waals surface area contributed by atoms with E-state index in [1.807, 2.05) is 6.07 Å². The van der Waals surface area contributed by atoms with E-state index in [0.29, 0.717) is 33.9 Å². The van der Waals surface area contributed by atoms with Gasteiger partial charge >= 0.3 is 6.03 Å². The van der Waals surface area contributed by atoms with Crippen LogP contribution in [-0.2, 0) is 0 Å². The van der Waals surface area contributed by atoms with Gasteiger partial charge in [0.25, 0.3) is 0 Å². The number of urea groups is 1. The molecule has 0 bridgehead atoms. The van der Waals surface area contributed by atoms with Crippen LogP contribution in [-0.4, -0.2) is 11.0 Å². The Balaban J connectivity index is 1.70. The van der Waals surface area contributed by atoms with Gasteiger partial charge in [0.15, 0.2) is 11.5 Å². The summed E-state index contributed by atoms with van der Waals surface area (Å²) in [6.45, 7) is 1.77. The number of fused-ring (bicyclic) bond motifs is 1. The molecule has 0 saturated carbocycles. The largest absolute Gasteiger partial charge is 0.441 e. The summed E-state index contributed by atoms with van der Waals surface area (Å²) in [6.07, 6.45) is 0. The van der Waals surface area contributed by atoms with Crippen LogP contribution in [0.15, 0.2) is 46.9 Å². The number of aromatic nitrogens is 1. The van der Waals surface area contributed by atoms with E-state index in [2.05, 4.69) is 15.6 Å². The van der Waals surface area contributed by atoms with Crippen LogP contribution in [0.5, 0.6) is 0 Å². The number of carbonyl (C=O) groups excluding carboxylic acids is 1. The lowest BCUT2D eigenvalue weighted by atomic mass is 10.2. The molecule has 2 N–H and O–H groups in total. The number of nitriles is 1. The molecule has 2 amide bonds. The summed E-state index contributed by atoms with van der Waals surface area (Å²) in [5, 5.41) is 14.1. The molecule has 0 radical (unpaired) electrons. The van der Waals surface area contributed by atoms with Crippen molar-refractivity contribution in [2.45, 2.75) is 6.92 Å². The number of nitrogens with zero attached hydrogens (tertiary/aromatic N) is 2. The molecular weight excluding hydrogens is 280 g/mol. The molecule has 2 aromatic carbocycles. The summed E-state index contributed by atoms with van der Waals surface area (Å²) in [7, 11) is 0. The summed E-state index contributed by atoms with van der Waals surface area (Å²) in [6, 6.07) is 13.5. The third kappa shape index (κ3) is 2.88. The molecule has 0 aliphatic carbocycles. The number of anilines is 2. The zero-order valence-electron chi connectivity index (χ0n) is 11.8. The van der Waals surface area contributed by atoms with E-state index < -0.39 is 0 Å². The number of hydrogen-bond donors (Lipinski definition) is 2. The van der Waals surface area contributed by atoms with Crippen molar-refractivity contribution in [2.24, 2.45) is 0 Å². The quantitative estimate of drug-likeness (QED) is 0.754. The minimum atomic E-state index is -0.371. The number of aryl methyl sites for hydroxylation is 1. The van der Waals surface area contributed by atoms with Crippen LogP contribution >= 0.6 is 0 Å². The summed E-state index contributed by atoms with van der Waals surface area (Å²) < 4.78 is 5.38. The number of nitrogens with one attached hydrogen (secondary N) is 2. The Morgan fingerprint density at radius 1 is 1.14 bits per heavy atom. The van der Waals surface area contributed by atoms with Gasteiger partial charge in [-0.25, -0.2) is 9.78 Å². The van der Waals surface area contributed by atoms with Gasteiger partial charge in [0, 0.05) is 18.3 Å². The van der Waals surface area contributed by atoms with Crippen LogP contribution in [0, 0.1) is 18.3 Å². The highest BCUT2D eigenvalue weighted by Gasteiger charge is 2.06. The number of benzene rings is 2. The maximum Gasteiger partial charge on any atom is 0.323 e. The summed E-state index contributed by atoms with van der Waals surface area (Å²) in [4.78, 5) is 16.2. The fourth-order valence-corrected chi connectivity index (χ4v) is 2.04. The molecule has 0 fully saturated rings. The Labute approximate surface area is 126 Å². The molecule has 0 aliphatic rings. The van der Waals surface area contributed by atoms with Crippen molar-refractivity contribution < 1.29 is 9.21 Å². The van der Waals surface area contributed by atoms with Crippen molar-refractivity contribution in [3.63, 3.8) is 0 Å². The molecular formula is C16H12N4O2. The van der Waals surface area contributed by atoms with E-state index in [1.54, 1.807) is 49.4 Å². The van der Waals surface area contributed by atoms with Crippen molar-refractivity contribution in [1.29, 1.82) is 5.26 Å². The Morgan fingerprint density at radius 3 is 2.55 bits per heavy atom. The van der Waals surface area contributed by atoms with E-state index >= 15 is 0 Å². The Morgan fingerprint density at radius 2 is 1.82 bits per heavy atom. The monoisotopic (exact) mass is 292 g/mol. The highest BCUT2D eigenvalue weighted by Crippen LogP contribution is 2.20. The van der Waals surface area contributed by atoms with Crippen LogP contribution in [0.2, 0.25) is 0 Å². The lowest BCUT2D eigenvalue weighted by Crippen LogP contribution is -2.19. The first kappa shape index (κ1) is 13.6. The van der Waals surface area contributed by atoms with E-state index in [1.165, 1.54) is 0 Å². The van der Waals surface area contributed by atoms with Gasteiger partial charge in [-0.15, -0.1) is 0 Å². The van der Waals surface area contributed by atoms with E-state index in [-0.39, 0.29) is 6.03 Å². The fraction of sp³-hybridized carbons (Fsp3) is 0.0625. The lowest BCUT2D eigenvalue weighted by molar-refractivity contribution is 0.262. The Kier molecular flexibility index (Phi) is 3.46. The van der Waals surface area contributed by atoms with Gasteiger partial charge in [-0.2, -0.15) is 5.26 Å². The zero-order valence-corrected chi connectivity index (χ0v) is 11.8. The summed E-state index contributed by atoms with van der Waals surface area (Å²) >= 11 is 0. The average Bonchev–Trinajstić information content (AvgIpc) is 2.87. The maximum absolute atomic E-state index is 11.9. The second-order valence-corrected chi connectivity index (χ2v) is 4.68. The van der Waals surface area contributed by atoms with Crippen LogP contribution in [0.3, 0.4) is 0 Å². The molecule has 1 aromatic heterocycles. The molecule has 0 atom stereocenters. The highest BCUT2D eigenvalue weighted by atomic mass is 16.3. The van der Waals surface area contributed by atoms with Crippen molar-refractivity contribution >= 4 is 28.5 Å². The average molecular weight is 292 g/mol. The van der Waals surface area contributed by atoms with Gasteiger partial charge in [0.2, 0.25) is 0 Å². The smallest absolute Gasteiger partial charge is 0.323 e. The molecule has 0 spiro atoms. The van der Waals surface area contributed by atoms with Gasteiger partial charge in [0.1, 0.15) is 5.52 Å². The first-order chi connectivity index (χ1) is 10.6. The second kappa shape index (κ2) is 5.58. The number of amides is 2. The number of rotatable bonds is 2. The van der Waals surface area contributed by atoms with Gasteiger partial charge in [-0.3, -0.25) is 0 Å². The van der Waals surface area contributed by atoms with Crippen molar-refractivity contribution in [3.8, 4) is 6.07 Å². The Hall–Kier alpha value is -3.33. The fourth-order valence-electron chi connectivity index (χ4n) is 2.04. The predicted molar refractivity (Wildman–Crippen MR) is 82.5 cm³/mol. The number of oxazole rings is 1. The lowest BCUT2D eigenvalue weighted by Gasteiger charge is -2.07. The molecule has 6 nitrogen and oxygen atoms in total. The minimum absolute atomic E-state index is 0.371. The zero-order chi connectivity index (χ0) is 15.5. The SMILES string of the molecule is Cc1nc2cc(NC(=O)Nc3ccc(C#N)cc3)ccc2o1. The van der Waals surface area contributed by atoms with Crippen LogP contribution in [0.1, 0.15) is 11.5 Å². The standard InChI is InChI=1S/C16H12N4O2/c1-10-18-14-8-13(6-7-15(14)22-10)20-16(21)19-12-4-2-11(9-17)3-5-12/h2-8H,1H3,(H2,19,20,21). The molecule has 3 rings (SSSR count). The topological polar surface area (TPSA) is 91.0 Å². The van der Waals surface area contributed by atoms with Gasteiger partial charge < -0.3 is 15.1 Å². The molecule has 6 heteroatoms. The van der Waals surface area contributed by atoms with E-state index in [4.69, 9.17) is 9.68 Å².